The van der Waals surface area contributed by atoms with E-state index in [-0.39, 0.29) is 0 Å². The van der Waals surface area contributed by atoms with E-state index in [1.54, 1.807) is 0 Å². The van der Waals surface area contributed by atoms with E-state index in [2.05, 4.69) is 31.3 Å². The molecular weight excluding hydrogens is 214 g/mol. The lowest BCUT2D eigenvalue weighted by atomic mass is 9.71. The van der Waals surface area contributed by atoms with Gasteiger partial charge in [0.25, 0.3) is 0 Å². The molecule has 0 saturated heterocycles. The molecular formula is C13H23N3O. The first-order valence-electron chi connectivity index (χ1n) is 6.37. The topological polar surface area (TPSA) is 67.5 Å². The van der Waals surface area contributed by atoms with Gasteiger partial charge in [0.1, 0.15) is 0 Å². The Morgan fingerprint density at radius 1 is 1.41 bits per heavy atom. The second-order valence-electron chi connectivity index (χ2n) is 6.47. The van der Waals surface area contributed by atoms with Crippen LogP contribution in [0.5, 0.6) is 0 Å². The van der Waals surface area contributed by atoms with Gasteiger partial charge in [-0.1, -0.05) is 20.8 Å². The fourth-order valence-electron chi connectivity index (χ4n) is 3.97. The van der Waals surface area contributed by atoms with Crippen molar-refractivity contribution in [1.29, 1.82) is 0 Å². The SMILES string of the molecule is C/C(=N/NC(N)=O)[C@@H]1C[C@]2(C)CC[C@@H]1C2(C)C. The van der Waals surface area contributed by atoms with Crippen molar-refractivity contribution in [3.8, 4) is 0 Å². The van der Waals surface area contributed by atoms with Crippen molar-refractivity contribution >= 4 is 11.7 Å². The number of fused-ring (bicyclic) bond motifs is 2. The highest BCUT2D eigenvalue weighted by Crippen LogP contribution is 2.67. The third-order valence-corrected chi connectivity index (χ3v) is 5.52. The van der Waals surface area contributed by atoms with Crippen LogP contribution in [0.25, 0.3) is 0 Å². The van der Waals surface area contributed by atoms with Gasteiger partial charge in [0.15, 0.2) is 0 Å². The number of carbonyl (C=O) groups is 1. The van der Waals surface area contributed by atoms with Gasteiger partial charge in [0, 0.05) is 11.6 Å². The van der Waals surface area contributed by atoms with Gasteiger partial charge in [-0.3, -0.25) is 0 Å². The molecule has 0 aromatic heterocycles. The van der Waals surface area contributed by atoms with E-state index >= 15 is 0 Å². The molecule has 2 aliphatic carbocycles. The van der Waals surface area contributed by atoms with Crippen LogP contribution < -0.4 is 11.2 Å². The van der Waals surface area contributed by atoms with Gasteiger partial charge < -0.3 is 5.73 Å². The second-order valence-corrected chi connectivity index (χ2v) is 6.47. The molecule has 0 aliphatic heterocycles. The zero-order valence-corrected chi connectivity index (χ0v) is 11.2. The van der Waals surface area contributed by atoms with Gasteiger partial charge >= 0.3 is 6.03 Å². The van der Waals surface area contributed by atoms with Gasteiger partial charge in [0.2, 0.25) is 0 Å². The maximum Gasteiger partial charge on any atom is 0.332 e. The molecule has 2 bridgehead atoms. The Morgan fingerprint density at radius 2 is 2.06 bits per heavy atom. The average molecular weight is 237 g/mol. The molecule has 96 valence electrons. The smallest absolute Gasteiger partial charge is 0.332 e. The van der Waals surface area contributed by atoms with Crippen molar-refractivity contribution in [2.45, 2.75) is 47.0 Å². The number of nitrogens with zero attached hydrogens (tertiary/aromatic N) is 1. The maximum atomic E-state index is 10.7. The van der Waals surface area contributed by atoms with Gasteiger partial charge in [-0.25, -0.2) is 10.2 Å². The van der Waals surface area contributed by atoms with Crippen LogP contribution in [0.2, 0.25) is 0 Å². The lowest BCUT2D eigenvalue weighted by Gasteiger charge is -2.34. The van der Waals surface area contributed by atoms with Gasteiger partial charge in [-0.05, 0) is 42.9 Å². The minimum Gasteiger partial charge on any atom is -0.350 e. The zero-order chi connectivity index (χ0) is 12.8. The molecule has 3 N–H and O–H groups in total. The molecule has 3 atom stereocenters. The van der Waals surface area contributed by atoms with Crippen molar-refractivity contribution in [2.75, 3.05) is 0 Å². The van der Waals surface area contributed by atoms with E-state index in [1.165, 1.54) is 19.3 Å². The summed E-state index contributed by atoms with van der Waals surface area (Å²) in [6, 6.07) is -0.585. The zero-order valence-electron chi connectivity index (χ0n) is 11.2. The van der Waals surface area contributed by atoms with Crippen molar-refractivity contribution < 1.29 is 4.79 Å². The molecule has 4 nitrogen and oxygen atoms in total. The molecule has 2 amide bonds. The summed E-state index contributed by atoms with van der Waals surface area (Å²) in [6.45, 7) is 9.14. The molecule has 17 heavy (non-hydrogen) atoms. The molecule has 0 spiro atoms. The quantitative estimate of drug-likeness (QED) is 0.562. The molecule has 2 saturated carbocycles. The van der Waals surface area contributed by atoms with Crippen LogP contribution >= 0.6 is 0 Å². The summed E-state index contributed by atoms with van der Waals surface area (Å²) >= 11 is 0. The van der Waals surface area contributed by atoms with Crippen LogP contribution in [-0.4, -0.2) is 11.7 Å². The first kappa shape index (κ1) is 12.4. The fourth-order valence-corrected chi connectivity index (χ4v) is 3.97. The van der Waals surface area contributed by atoms with Crippen molar-refractivity contribution in [2.24, 2.45) is 33.5 Å². The first-order chi connectivity index (χ1) is 7.78. The summed E-state index contributed by atoms with van der Waals surface area (Å²) in [6.07, 6.45) is 3.77. The highest BCUT2D eigenvalue weighted by molar-refractivity contribution is 5.86. The number of hydrazone groups is 1. The van der Waals surface area contributed by atoms with Crippen LogP contribution in [0.4, 0.5) is 4.79 Å². The Labute approximate surface area is 103 Å². The van der Waals surface area contributed by atoms with Gasteiger partial charge in [-0.15, -0.1) is 0 Å². The number of nitrogens with two attached hydrogens (primary N) is 1. The fraction of sp³-hybridized carbons (Fsp3) is 0.846. The van der Waals surface area contributed by atoms with Crippen LogP contribution in [0.3, 0.4) is 0 Å². The molecule has 0 aromatic rings. The molecule has 0 aromatic carbocycles. The van der Waals surface area contributed by atoms with Crippen molar-refractivity contribution in [3.63, 3.8) is 0 Å². The van der Waals surface area contributed by atoms with Gasteiger partial charge in [0.05, 0.1) is 0 Å². The van der Waals surface area contributed by atoms with Gasteiger partial charge in [-0.2, -0.15) is 5.10 Å². The van der Waals surface area contributed by atoms with E-state index in [1.807, 2.05) is 6.92 Å². The average Bonchev–Trinajstić information content (AvgIpc) is 2.57. The Balaban J connectivity index is 2.16. The number of carbonyl (C=O) groups excluding carboxylic acids is 1. The van der Waals surface area contributed by atoms with E-state index in [0.29, 0.717) is 22.7 Å². The monoisotopic (exact) mass is 237 g/mol. The Kier molecular flexibility index (Phi) is 2.71. The molecule has 4 heteroatoms. The second kappa shape index (κ2) is 3.72. The normalized spacial score (nSPS) is 39.4. The Hall–Kier alpha value is -1.06. The van der Waals surface area contributed by atoms with Crippen LogP contribution in [0.1, 0.15) is 47.0 Å². The summed E-state index contributed by atoms with van der Waals surface area (Å²) < 4.78 is 0. The van der Waals surface area contributed by atoms with E-state index in [4.69, 9.17) is 5.73 Å². The number of urea groups is 1. The predicted octanol–water partition coefficient (Wildman–Crippen LogP) is 2.49. The highest BCUT2D eigenvalue weighted by atomic mass is 16.2. The number of primary amides is 1. The predicted molar refractivity (Wildman–Crippen MR) is 68.5 cm³/mol. The summed E-state index contributed by atoms with van der Waals surface area (Å²) in [5, 5.41) is 4.11. The summed E-state index contributed by atoms with van der Waals surface area (Å²) in [5.74, 6) is 1.18. The minimum absolute atomic E-state index is 0.376. The third kappa shape index (κ3) is 1.74. The molecule has 2 fully saturated rings. The lowest BCUT2D eigenvalue weighted by molar-refractivity contribution is 0.152. The van der Waals surface area contributed by atoms with Crippen LogP contribution in [0, 0.1) is 22.7 Å². The number of hydrogen-bond acceptors (Lipinski definition) is 2. The molecule has 2 rings (SSSR count). The summed E-state index contributed by atoms with van der Waals surface area (Å²) in [5.41, 5.74) is 9.20. The molecule has 0 heterocycles. The van der Waals surface area contributed by atoms with E-state index in [0.717, 1.165) is 5.71 Å². The molecule has 2 aliphatic rings. The highest BCUT2D eigenvalue weighted by Gasteiger charge is 2.60. The number of hydrogen-bond donors (Lipinski definition) is 2. The lowest BCUT2D eigenvalue weighted by Crippen LogP contribution is -2.29. The third-order valence-electron chi connectivity index (χ3n) is 5.52. The van der Waals surface area contributed by atoms with Crippen LogP contribution in [0.15, 0.2) is 5.10 Å². The van der Waals surface area contributed by atoms with Crippen LogP contribution in [-0.2, 0) is 0 Å². The number of rotatable bonds is 2. The summed E-state index contributed by atoms with van der Waals surface area (Å²) in [7, 11) is 0. The van der Waals surface area contributed by atoms with Crippen molar-refractivity contribution in [3.05, 3.63) is 0 Å². The minimum atomic E-state index is -0.585. The maximum absolute atomic E-state index is 10.7. The summed E-state index contributed by atoms with van der Waals surface area (Å²) in [4.78, 5) is 10.7. The van der Waals surface area contributed by atoms with E-state index in [9.17, 15) is 4.79 Å². The van der Waals surface area contributed by atoms with E-state index < -0.39 is 6.03 Å². The molecule has 0 unspecified atom stereocenters. The van der Waals surface area contributed by atoms with Crippen molar-refractivity contribution in [1.82, 2.24) is 5.43 Å². The largest absolute Gasteiger partial charge is 0.350 e. The standard InChI is InChI=1S/C13H23N3O/c1-8(15-16-11(14)17)9-7-13(4)6-5-10(9)12(13,2)3/h9-10H,5-7H2,1-4H3,(H3,14,16,17)/b15-8-/t9-,10-,13-/m0/s1. The first-order valence-corrected chi connectivity index (χ1v) is 6.37. The number of amides is 2. The Morgan fingerprint density at radius 3 is 2.47 bits per heavy atom. The molecule has 0 radical (unpaired) electrons. The Bertz CT molecular complexity index is 372. The number of nitrogens with one attached hydrogen (secondary N) is 1.